The molecule has 0 aliphatic rings. The molecule has 5 atom stereocenters. The van der Waals surface area contributed by atoms with Gasteiger partial charge in [-0.3, -0.25) is 37.3 Å². The highest BCUT2D eigenvalue weighted by atomic mass is 31.2. The van der Waals surface area contributed by atoms with Crippen LogP contribution in [0.1, 0.15) is 285 Å². The van der Waals surface area contributed by atoms with Crippen LogP contribution in [0.25, 0.3) is 0 Å². The Morgan fingerprint density at radius 1 is 0.259 bits per heavy atom. The standard InChI is InChI=1S/C93H146O17P2/c1-5-9-13-17-21-25-29-33-37-40-43-46-50-53-57-61-65-69-73-77-90(95)103-83-88(109-92(97)79-75-71-67-63-59-55-49-36-32-28-24-20-16-12-8-4)85-107-111(99,100)105-81-87(94)82-106-112(101,102)108-86-89(110-93(98)80-76-72-68-64-60-56-52-48-45-42-39-35-31-27-23-19-15-11-7-3)84-104-91(96)78-74-70-66-62-58-54-51-47-44-41-38-34-30-26-22-18-14-10-6-2/h10,14,21-28,33-39,43-49,53-54,56-58,60,65-66,68-70,72,87-89,94H,5-9,11-13,15-20,29-32,40-42,50-52,55,59,61-64,67,71,73-86H2,1-4H3,(H,99,100)(H,101,102)/b14-10-,25-21-,26-22-,27-23-,28-24-,37-33-,38-34-,39-35-,46-43-,47-44-,48-45-,49-36-,57-53-,58-54-,60-56-,69-65-,70-66-,72-68-/t87-,88+,89+/m0/s1. The number of unbranched alkanes of at least 4 members (excludes halogenated alkanes) is 14. The first-order valence-electron chi connectivity index (χ1n) is 42.0. The Labute approximate surface area is 677 Å². The van der Waals surface area contributed by atoms with Crippen LogP contribution in [0.5, 0.6) is 0 Å². The molecule has 0 amide bonds. The fraction of sp³-hybridized carbons (Fsp3) is 0.570. The Hall–Kier alpha value is -6.62. The number of esters is 4. The second kappa shape index (κ2) is 82.4. The monoisotopic (exact) mass is 1600 g/mol. The number of carbonyl (C=O) groups is 4. The van der Waals surface area contributed by atoms with E-state index in [1.165, 1.54) is 57.8 Å². The lowest BCUT2D eigenvalue weighted by molar-refractivity contribution is -0.161. The van der Waals surface area contributed by atoms with E-state index in [-0.39, 0.29) is 25.7 Å². The molecule has 0 saturated carbocycles. The molecule has 0 aromatic carbocycles. The number of phosphoric ester groups is 2. The molecule has 17 nitrogen and oxygen atoms in total. The molecule has 0 saturated heterocycles. The summed E-state index contributed by atoms with van der Waals surface area (Å²) in [5.41, 5.74) is 0. The van der Waals surface area contributed by atoms with E-state index in [0.29, 0.717) is 44.9 Å². The van der Waals surface area contributed by atoms with E-state index in [9.17, 15) is 43.2 Å². The van der Waals surface area contributed by atoms with Crippen LogP contribution in [0.4, 0.5) is 0 Å². The average Bonchev–Trinajstić information content (AvgIpc) is 0.898. The van der Waals surface area contributed by atoms with Crippen molar-refractivity contribution < 1.29 is 80.2 Å². The van der Waals surface area contributed by atoms with Crippen LogP contribution in [0.15, 0.2) is 219 Å². The molecule has 0 aliphatic carbocycles. The first-order chi connectivity index (χ1) is 54.7. The molecule has 2 unspecified atom stereocenters. The van der Waals surface area contributed by atoms with Crippen molar-refractivity contribution >= 4 is 39.5 Å². The van der Waals surface area contributed by atoms with Gasteiger partial charge in [0, 0.05) is 25.7 Å². The first kappa shape index (κ1) is 105. The lowest BCUT2D eigenvalue weighted by atomic mass is 10.1. The van der Waals surface area contributed by atoms with Gasteiger partial charge in [-0.15, -0.1) is 0 Å². The molecule has 112 heavy (non-hydrogen) atoms. The number of aliphatic hydroxyl groups is 1. The van der Waals surface area contributed by atoms with Crippen LogP contribution in [-0.4, -0.2) is 96.7 Å². The van der Waals surface area contributed by atoms with Gasteiger partial charge in [0.1, 0.15) is 19.3 Å². The molecule has 0 rings (SSSR count). The highest BCUT2D eigenvalue weighted by Crippen LogP contribution is 2.45. The molecule has 0 heterocycles. The summed E-state index contributed by atoms with van der Waals surface area (Å²) in [6.07, 6.45) is 105. The summed E-state index contributed by atoms with van der Waals surface area (Å²) in [5.74, 6) is -2.51. The van der Waals surface area contributed by atoms with E-state index in [0.717, 1.165) is 128 Å². The number of allylic oxidation sites excluding steroid dienone is 36. The van der Waals surface area contributed by atoms with Crippen molar-refractivity contribution in [2.75, 3.05) is 39.6 Å². The van der Waals surface area contributed by atoms with Crippen molar-refractivity contribution in [3.63, 3.8) is 0 Å². The molecular formula is C93H146O17P2. The minimum Gasteiger partial charge on any atom is -0.462 e. The predicted molar refractivity (Wildman–Crippen MR) is 463 cm³/mol. The largest absolute Gasteiger partial charge is 0.472 e. The summed E-state index contributed by atoms with van der Waals surface area (Å²) in [6, 6.07) is 0. The number of hydrogen-bond donors (Lipinski definition) is 3. The third kappa shape index (κ3) is 81.4. The van der Waals surface area contributed by atoms with Crippen LogP contribution in [0.2, 0.25) is 0 Å². The van der Waals surface area contributed by atoms with E-state index < -0.39 is 97.5 Å². The van der Waals surface area contributed by atoms with E-state index in [2.05, 4.69) is 192 Å². The first-order valence-corrected chi connectivity index (χ1v) is 45.0. The van der Waals surface area contributed by atoms with Crippen molar-refractivity contribution in [2.45, 2.75) is 303 Å². The van der Waals surface area contributed by atoms with Gasteiger partial charge in [-0.2, -0.15) is 0 Å². The van der Waals surface area contributed by atoms with Gasteiger partial charge in [-0.25, -0.2) is 9.13 Å². The molecule has 0 fully saturated rings. The number of hydrogen-bond acceptors (Lipinski definition) is 15. The summed E-state index contributed by atoms with van der Waals surface area (Å²) in [7, 11) is -10.1. The fourth-order valence-corrected chi connectivity index (χ4v) is 11.6. The number of carbonyl (C=O) groups excluding carboxylic acids is 4. The van der Waals surface area contributed by atoms with Crippen molar-refractivity contribution in [3.8, 4) is 0 Å². The van der Waals surface area contributed by atoms with Gasteiger partial charge < -0.3 is 33.8 Å². The summed E-state index contributed by atoms with van der Waals surface area (Å²) >= 11 is 0. The maximum Gasteiger partial charge on any atom is 0.472 e. The number of rotatable bonds is 76. The third-order valence-electron chi connectivity index (χ3n) is 16.4. The van der Waals surface area contributed by atoms with Crippen LogP contribution in [0.3, 0.4) is 0 Å². The van der Waals surface area contributed by atoms with Gasteiger partial charge in [-0.1, -0.05) is 304 Å². The zero-order chi connectivity index (χ0) is 81.7. The van der Waals surface area contributed by atoms with Gasteiger partial charge >= 0.3 is 39.5 Å². The SMILES string of the molecule is CC/C=C\C/C=C\C/C=C\C/C=C\C/C=C\C/C=C\CCC(=O)OC[C@H](COP(=O)(O)OC[C@@H](O)COP(=O)(O)OC[C@@H](COC(=O)CC/C=C\C/C=C\C/C=C\C/C=C\C/C=C\CCCCC)OC(=O)CCCCCCC/C=C\C/C=C\CCCCC)OC(=O)CC/C=C\C/C=C\C/C=C\C/C=C\C/C=C\CCCCC. The Balaban J connectivity index is 5.61. The van der Waals surface area contributed by atoms with Crippen LogP contribution in [-0.2, 0) is 65.4 Å². The Kier molecular flexibility index (Phi) is 77.5. The van der Waals surface area contributed by atoms with E-state index in [1.807, 2.05) is 54.7 Å². The van der Waals surface area contributed by atoms with Crippen LogP contribution in [0, 0.1) is 0 Å². The van der Waals surface area contributed by atoms with Crippen molar-refractivity contribution in [1.82, 2.24) is 0 Å². The Morgan fingerprint density at radius 2 is 0.482 bits per heavy atom. The van der Waals surface area contributed by atoms with Crippen molar-refractivity contribution in [1.29, 1.82) is 0 Å². The normalized spacial score (nSPS) is 14.9. The van der Waals surface area contributed by atoms with E-state index >= 15 is 0 Å². The molecule has 0 bridgehead atoms. The topological polar surface area (TPSA) is 237 Å². The van der Waals surface area contributed by atoms with Crippen molar-refractivity contribution in [2.24, 2.45) is 0 Å². The molecule has 0 spiro atoms. The minimum atomic E-state index is -5.04. The van der Waals surface area contributed by atoms with Gasteiger partial charge in [0.05, 0.1) is 26.4 Å². The lowest BCUT2D eigenvalue weighted by Gasteiger charge is -2.21. The third-order valence-corrected chi connectivity index (χ3v) is 18.3. The van der Waals surface area contributed by atoms with E-state index in [4.69, 9.17) is 37.0 Å². The Morgan fingerprint density at radius 3 is 0.768 bits per heavy atom. The number of phosphoric acid groups is 2. The van der Waals surface area contributed by atoms with Gasteiger partial charge in [0.2, 0.25) is 0 Å². The molecule has 0 aromatic rings. The highest BCUT2D eigenvalue weighted by molar-refractivity contribution is 7.47. The highest BCUT2D eigenvalue weighted by Gasteiger charge is 2.30. The summed E-state index contributed by atoms with van der Waals surface area (Å²) < 4.78 is 68.5. The number of aliphatic hydroxyl groups excluding tert-OH is 1. The maximum atomic E-state index is 13.1. The molecule has 0 aromatic heterocycles. The average molecular weight is 1600 g/mol. The molecule has 3 N–H and O–H groups in total. The second-order valence-electron chi connectivity index (χ2n) is 27.0. The second-order valence-corrected chi connectivity index (χ2v) is 29.9. The molecular weight excluding hydrogens is 1450 g/mol. The molecule has 19 heteroatoms. The minimum absolute atomic E-state index is 0.00940. The molecule has 630 valence electrons. The van der Waals surface area contributed by atoms with Crippen LogP contribution < -0.4 is 0 Å². The van der Waals surface area contributed by atoms with Crippen LogP contribution >= 0.6 is 15.6 Å². The van der Waals surface area contributed by atoms with Gasteiger partial charge in [0.25, 0.3) is 0 Å². The predicted octanol–water partition coefficient (Wildman–Crippen LogP) is 25.2. The van der Waals surface area contributed by atoms with Gasteiger partial charge in [0.15, 0.2) is 12.2 Å². The van der Waals surface area contributed by atoms with E-state index in [1.54, 1.807) is 0 Å². The fourth-order valence-electron chi connectivity index (χ4n) is 10.1. The lowest BCUT2D eigenvalue weighted by Crippen LogP contribution is -2.30. The zero-order valence-corrected chi connectivity index (χ0v) is 70.8. The van der Waals surface area contributed by atoms with Crippen molar-refractivity contribution in [3.05, 3.63) is 219 Å². The smallest absolute Gasteiger partial charge is 0.462 e. The molecule has 0 aliphatic heterocycles. The zero-order valence-electron chi connectivity index (χ0n) is 69.0. The van der Waals surface area contributed by atoms with Gasteiger partial charge in [-0.05, 0) is 173 Å². The maximum absolute atomic E-state index is 13.1. The quantitative estimate of drug-likeness (QED) is 0.0169. The summed E-state index contributed by atoms with van der Waals surface area (Å²) in [6.45, 7) is 4.38. The Bertz CT molecular complexity index is 2990. The summed E-state index contributed by atoms with van der Waals surface area (Å²) in [5, 5.41) is 10.7. The molecule has 0 radical (unpaired) electrons. The number of ether oxygens (including phenoxy) is 4. The summed E-state index contributed by atoms with van der Waals surface area (Å²) in [4.78, 5) is 73.1.